The lowest BCUT2D eigenvalue weighted by molar-refractivity contribution is -0.147. The Bertz CT molecular complexity index is 1410. The van der Waals surface area contributed by atoms with E-state index in [1.807, 2.05) is 58.0 Å². The Morgan fingerprint density at radius 1 is 1.04 bits per heavy atom. The molecule has 1 aromatic carbocycles. The molecule has 1 aromatic rings. The minimum Gasteiger partial charge on any atom is -0.394 e. The van der Waals surface area contributed by atoms with Crippen LogP contribution in [0.1, 0.15) is 79.7 Å². The first kappa shape index (κ1) is 44.6. The standard InChI is InChI=1S/C40H66N6O8/c1-11-26(4)34(44(8)37(50)33(25(2)3)43-39(52)46-21-19-41-38(51)40(46,6)7)31(53-9)23-32(48)45-20-15-18-30(45)35(54-10)27(5)36(49)42-29(24-47)22-28-16-13-12-14-17-28/h12-14,16-17,25-27,29-31,33-35,47H,11,15,18-24H2,1-10H3,(H,41,51)(H,42,49)(H,43,52)/t26-,27+,29?,30?,31+,33?,34-,35+/m0/s1. The van der Waals surface area contributed by atoms with Crippen molar-refractivity contribution >= 4 is 29.7 Å². The normalized spacial score (nSPS) is 21.0. The van der Waals surface area contributed by atoms with Crippen molar-refractivity contribution in [2.75, 3.05) is 47.5 Å². The zero-order valence-electron chi connectivity index (χ0n) is 34.1. The van der Waals surface area contributed by atoms with Crippen LogP contribution < -0.4 is 16.0 Å². The van der Waals surface area contributed by atoms with E-state index in [0.717, 1.165) is 12.0 Å². The summed E-state index contributed by atoms with van der Waals surface area (Å²) < 4.78 is 11.9. The first-order valence-electron chi connectivity index (χ1n) is 19.5. The summed E-state index contributed by atoms with van der Waals surface area (Å²) in [6, 6.07) is 6.93. The van der Waals surface area contributed by atoms with Gasteiger partial charge in [-0.2, -0.15) is 0 Å². The van der Waals surface area contributed by atoms with Gasteiger partial charge in [0, 0.05) is 40.9 Å². The number of rotatable bonds is 18. The van der Waals surface area contributed by atoms with Crippen molar-refractivity contribution in [3.8, 4) is 0 Å². The Balaban J connectivity index is 1.76. The first-order valence-corrected chi connectivity index (χ1v) is 19.5. The summed E-state index contributed by atoms with van der Waals surface area (Å²) in [5.74, 6) is -1.95. The molecule has 8 atom stereocenters. The van der Waals surface area contributed by atoms with Crippen molar-refractivity contribution in [3.05, 3.63) is 35.9 Å². The number of carbonyl (C=O) groups is 5. The Labute approximate surface area is 322 Å². The predicted molar refractivity (Wildman–Crippen MR) is 206 cm³/mol. The van der Waals surface area contributed by atoms with Crippen LogP contribution in [-0.2, 0) is 35.1 Å². The first-order chi connectivity index (χ1) is 25.5. The molecule has 0 aliphatic carbocycles. The number of aliphatic hydroxyl groups is 1. The molecule has 4 N–H and O–H groups in total. The van der Waals surface area contributed by atoms with Gasteiger partial charge < -0.3 is 45.2 Å². The summed E-state index contributed by atoms with van der Waals surface area (Å²) in [7, 11) is 4.77. The summed E-state index contributed by atoms with van der Waals surface area (Å²) in [4.78, 5) is 72.8. The van der Waals surface area contributed by atoms with Gasteiger partial charge in [0.1, 0.15) is 11.6 Å². The number of methoxy groups -OCH3 is 2. The van der Waals surface area contributed by atoms with Crippen LogP contribution in [0.3, 0.4) is 0 Å². The Kier molecular flexibility index (Phi) is 16.7. The Morgan fingerprint density at radius 2 is 1.70 bits per heavy atom. The van der Waals surface area contributed by atoms with Crippen molar-refractivity contribution < 1.29 is 38.6 Å². The number of nitrogens with zero attached hydrogens (tertiary/aromatic N) is 3. The van der Waals surface area contributed by atoms with E-state index in [1.165, 1.54) is 12.0 Å². The van der Waals surface area contributed by atoms with Gasteiger partial charge in [0.25, 0.3) is 0 Å². The highest BCUT2D eigenvalue weighted by atomic mass is 16.5. The SMILES string of the molecule is CC[C@H](C)[C@@H]([C@@H](CC(=O)N1CCCC1[C@H](OC)[C@@H](C)C(=O)NC(CO)Cc1ccccc1)OC)N(C)C(=O)C(NC(=O)N1CCNC(=O)C1(C)C)C(C)C. The van der Waals surface area contributed by atoms with Crippen LogP contribution in [-0.4, -0.2) is 139 Å². The second-order valence-corrected chi connectivity index (χ2v) is 15.8. The van der Waals surface area contributed by atoms with Crippen LogP contribution in [0.15, 0.2) is 30.3 Å². The maximum atomic E-state index is 14.3. The third-order valence-corrected chi connectivity index (χ3v) is 11.5. The molecule has 2 saturated heterocycles. The molecular formula is C40H66N6O8. The summed E-state index contributed by atoms with van der Waals surface area (Å²) in [6.45, 7) is 13.8. The highest BCUT2D eigenvalue weighted by Gasteiger charge is 2.45. The zero-order valence-corrected chi connectivity index (χ0v) is 34.1. The summed E-state index contributed by atoms with van der Waals surface area (Å²) >= 11 is 0. The number of carbonyl (C=O) groups excluding carboxylic acids is 5. The lowest BCUT2D eigenvalue weighted by Crippen LogP contribution is -2.67. The minimum atomic E-state index is -1.08. The van der Waals surface area contributed by atoms with Gasteiger partial charge in [0.05, 0.1) is 49.3 Å². The minimum absolute atomic E-state index is 0.00389. The molecule has 0 radical (unpaired) electrons. The fourth-order valence-electron chi connectivity index (χ4n) is 7.90. The molecule has 0 bridgehead atoms. The molecule has 304 valence electrons. The van der Waals surface area contributed by atoms with Crippen molar-refractivity contribution in [2.45, 2.75) is 122 Å². The van der Waals surface area contributed by atoms with E-state index in [-0.39, 0.29) is 54.5 Å². The number of amides is 6. The highest BCUT2D eigenvalue weighted by molar-refractivity contribution is 5.93. The third-order valence-electron chi connectivity index (χ3n) is 11.5. The Morgan fingerprint density at radius 3 is 2.28 bits per heavy atom. The molecule has 3 rings (SSSR count). The van der Waals surface area contributed by atoms with Gasteiger partial charge in [-0.3, -0.25) is 19.2 Å². The number of likely N-dealkylation sites (N-methyl/N-ethyl adjacent to an activating group) is 1. The molecule has 0 aromatic heterocycles. The van der Waals surface area contributed by atoms with E-state index < -0.39 is 47.8 Å². The summed E-state index contributed by atoms with van der Waals surface area (Å²) in [5, 5.41) is 18.7. The quantitative estimate of drug-likeness (QED) is 0.177. The molecule has 0 spiro atoms. The number of piperazine rings is 1. The second kappa shape index (κ2) is 20.2. The van der Waals surface area contributed by atoms with E-state index in [2.05, 4.69) is 16.0 Å². The molecule has 54 heavy (non-hydrogen) atoms. The molecule has 14 nitrogen and oxygen atoms in total. The van der Waals surface area contributed by atoms with Gasteiger partial charge in [-0.25, -0.2) is 4.79 Å². The van der Waals surface area contributed by atoms with Crippen LogP contribution >= 0.6 is 0 Å². The van der Waals surface area contributed by atoms with E-state index >= 15 is 0 Å². The zero-order chi connectivity index (χ0) is 40.3. The number of urea groups is 1. The van der Waals surface area contributed by atoms with Crippen LogP contribution in [0.25, 0.3) is 0 Å². The van der Waals surface area contributed by atoms with Crippen LogP contribution in [0.2, 0.25) is 0 Å². The van der Waals surface area contributed by atoms with Gasteiger partial charge in [0.15, 0.2) is 0 Å². The highest BCUT2D eigenvalue weighted by Crippen LogP contribution is 2.30. The average molecular weight is 759 g/mol. The maximum absolute atomic E-state index is 14.3. The summed E-state index contributed by atoms with van der Waals surface area (Å²) in [6.07, 6.45) is 1.33. The van der Waals surface area contributed by atoms with Crippen molar-refractivity contribution in [1.82, 2.24) is 30.7 Å². The lowest BCUT2D eigenvalue weighted by Gasteiger charge is -2.43. The largest absolute Gasteiger partial charge is 0.394 e. The van der Waals surface area contributed by atoms with Gasteiger partial charge in [-0.05, 0) is 50.5 Å². The van der Waals surface area contributed by atoms with Crippen LogP contribution in [0.5, 0.6) is 0 Å². The number of hydrogen-bond donors (Lipinski definition) is 4. The van der Waals surface area contributed by atoms with Gasteiger partial charge >= 0.3 is 6.03 Å². The smallest absolute Gasteiger partial charge is 0.319 e. The fraction of sp³-hybridized carbons (Fsp3) is 0.725. The van der Waals surface area contributed by atoms with Crippen molar-refractivity contribution in [3.63, 3.8) is 0 Å². The molecule has 0 saturated carbocycles. The van der Waals surface area contributed by atoms with E-state index in [9.17, 15) is 29.1 Å². The second-order valence-electron chi connectivity index (χ2n) is 15.8. The molecule has 2 aliphatic rings. The monoisotopic (exact) mass is 758 g/mol. The van der Waals surface area contributed by atoms with Gasteiger partial charge in [-0.1, -0.05) is 71.4 Å². The van der Waals surface area contributed by atoms with Gasteiger partial charge in [0.2, 0.25) is 23.6 Å². The maximum Gasteiger partial charge on any atom is 0.319 e. The molecule has 2 heterocycles. The summed E-state index contributed by atoms with van der Waals surface area (Å²) in [5.41, 5.74) is -0.0850. The molecule has 14 heteroatoms. The van der Waals surface area contributed by atoms with Crippen LogP contribution in [0, 0.1) is 17.8 Å². The van der Waals surface area contributed by atoms with E-state index in [1.54, 1.807) is 44.7 Å². The van der Waals surface area contributed by atoms with Crippen molar-refractivity contribution in [1.29, 1.82) is 0 Å². The molecule has 2 aliphatic heterocycles. The number of aliphatic hydroxyl groups excluding tert-OH is 1. The Hall–Kier alpha value is -3.75. The third kappa shape index (κ3) is 10.7. The fourth-order valence-corrected chi connectivity index (χ4v) is 7.90. The molecule has 2 fully saturated rings. The number of ether oxygens (including phenoxy) is 2. The van der Waals surface area contributed by atoms with Crippen molar-refractivity contribution in [2.24, 2.45) is 17.8 Å². The van der Waals surface area contributed by atoms with E-state index in [0.29, 0.717) is 38.9 Å². The van der Waals surface area contributed by atoms with E-state index in [4.69, 9.17) is 9.47 Å². The number of likely N-dealkylation sites (tertiary alicyclic amines) is 1. The number of benzene rings is 1. The molecular weight excluding hydrogens is 692 g/mol. The lowest BCUT2D eigenvalue weighted by atomic mass is 9.89. The average Bonchev–Trinajstić information content (AvgIpc) is 3.63. The predicted octanol–water partition coefficient (Wildman–Crippen LogP) is 2.57. The number of nitrogens with one attached hydrogen (secondary N) is 3. The van der Waals surface area contributed by atoms with Crippen LogP contribution in [0.4, 0.5) is 4.79 Å². The molecule has 6 amide bonds. The topological polar surface area (TPSA) is 170 Å². The molecule has 3 unspecified atom stereocenters. The number of hydrogen-bond acceptors (Lipinski definition) is 8. The van der Waals surface area contributed by atoms with Gasteiger partial charge in [-0.15, -0.1) is 0 Å².